The predicted octanol–water partition coefficient (Wildman–Crippen LogP) is 0.133. The number of carboxylic acid groups (broad SMARTS) is 1. The Balaban J connectivity index is 2.67. The van der Waals surface area contributed by atoms with Gasteiger partial charge in [0.2, 0.25) is 5.91 Å². The van der Waals surface area contributed by atoms with Crippen molar-refractivity contribution in [2.24, 2.45) is 17.4 Å². The minimum Gasteiger partial charge on any atom is -0.480 e. The number of hydrogen-bond acceptors (Lipinski definition) is 4. The largest absolute Gasteiger partial charge is 0.480 e. The van der Waals surface area contributed by atoms with Crippen LogP contribution in [-0.4, -0.2) is 23.0 Å². The van der Waals surface area contributed by atoms with Gasteiger partial charge in [0.05, 0.1) is 0 Å². The molecule has 5 heteroatoms. The maximum Gasteiger partial charge on any atom is 0.320 e. The van der Waals surface area contributed by atoms with Gasteiger partial charge in [0, 0.05) is 5.92 Å². The SMILES string of the molecule is [2H]OC(=O)[C@@H](N)CC(Cc1ccccc1)C(N)=O. The second kappa shape index (κ2) is 6.00. The van der Waals surface area contributed by atoms with Crippen LogP contribution >= 0.6 is 0 Å². The van der Waals surface area contributed by atoms with E-state index in [0.717, 1.165) is 5.56 Å². The Labute approximate surface area is 101 Å². The number of hydrogen-bond donors (Lipinski definition) is 3. The van der Waals surface area contributed by atoms with Gasteiger partial charge >= 0.3 is 5.97 Å². The smallest absolute Gasteiger partial charge is 0.320 e. The van der Waals surface area contributed by atoms with Crippen molar-refractivity contribution in [2.45, 2.75) is 18.9 Å². The van der Waals surface area contributed by atoms with E-state index in [0.29, 0.717) is 6.42 Å². The number of primary amides is 1. The maximum atomic E-state index is 11.3. The number of carbonyl (C=O) groups is 2. The fourth-order valence-electron chi connectivity index (χ4n) is 1.60. The van der Waals surface area contributed by atoms with Crippen LogP contribution in [0.1, 0.15) is 12.0 Å². The zero-order chi connectivity index (χ0) is 13.5. The number of carboxylic acids is 1. The molecule has 0 bridgehead atoms. The zero-order valence-electron chi connectivity index (χ0n) is 10.3. The quantitative estimate of drug-likeness (QED) is 0.653. The summed E-state index contributed by atoms with van der Waals surface area (Å²) in [6.07, 6.45) is 0.483. The molecule has 5 nitrogen and oxygen atoms in total. The van der Waals surface area contributed by atoms with E-state index in [9.17, 15) is 9.59 Å². The Kier molecular flexibility index (Phi) is 4.10. The first-order chi connectivity index (χ1) is 8.54. The summed E-state index contributed by atoms with van der Waals surface area (Å²) in [7, 11) is 0. The molecule has 0 aliphatic heterocycles. The van der Waals surface area contributed by atoms with Gasteiger partial charge in [0.25, 0.3) is 1.43 Å². The van der Waals surface area contributed by atoms with Crippen LogP contribution in [0.25, 0.3) is 1.43 Å². The Morgan fingerprint density at radius 3 is 2.53 bits per heavy atom. The molecule has 17 heavy (non-hydrogen) atoms. The van der Waals surface area contributed by atoms with E-state index in [-0.39, 0.29) is 6.42 Å². The third kappa shape index (κ3) is 4.24. The summed E-state index contributed by atoms with van der Waals surface area (Å²) in [5.74, 6) is -1.94. The van der Waals surface area contributed by atoms with Crippen LogP contribution < -0.4 is 11.5 Å². The van der Waals surface area contributed by atoms with Gasteiger partial charge in [-0.25, -0.2) is 0 Å². The van der Waals surface area contributed by atoms with Gasteiger partial charge in [-0.1, -0.05) is 30.3 Å². The van der Waals surface area contributed by atoms with Gasteiger partial charge in [-0.2, -0.15) is 0 Å². The first-order valence-electron chi connectivity index (χ1n) is 5.71. The molecule has 0 saturated heterocycles. The van der Waals surface area contributed by atoms with Crippen molar-refractivity contribution in [1.82, 2.24) is 0 Å². The monoisotopic (exact) mass is 237 g/mol. The molecule has 0 spiro atoms. The molecule has 1 aromatic carbocycles. The highest BCUT2D eigenvalue weighted by Gasteiger charge is 2.23. The molecule has 0 aromatic heterocycles. The Morgan fingerprint density at radius 2 is 2.00 bits per heavy atom. The molecule has 1 unspecified atom stereocenters. The second-order valence-corrected chi connectivity index (χ2v) is 3.95. The molecule has 1 amide bonds. The van der Waals surface area contributed by atoms with Gasteiger partial charge in [0.1, 0.15) is 6.04 Å². The number of carbonyl (C=O) groups excluding carboxylic acids is 1. The Hall–Kier alpha value is -1.88. The maximum absolute atomic E-state index is 11.3. The standard InChI is InChI=1S/C12H16N2O3/c13-10(12(16)17)7-9(11(14)15)6-8-4-2-1-3-5-8/h1-5,9-10H,6-7,13H2,(H2,14,15)(H,16,17)/t9?,10-/m0/s1/i/hD. The van der Waals surface area contributed by atoms with Gasteiger partial charge in [-0.05, 0) is 18.4 Å². The fourth-order valence-corrected chi connectivity index (χ4v) is 1.60. The third-order valence-corrected chi connectivity index (χ3v) is 2.57. The molecule has 5 N–H and O–H groups in total. The first kappa shape index (κ1) is 11.6. The molecular weight excluding hydrogens is 220 g/mol. The summed E-state index contributed by atoms with van der Waals surface area (Å²) in [5.41, 5.74) is 11.7. The third-order valence-electron chi connectivity index (χ3n) is 2.57. The van der Waals surface area contributed by atoms with Crippen molar-refractivity contribution in [3.8, 4) is 0 Å². The zero-order valence-corrected chi connectivity index (χ0v) is 9.34. The lowest BCUT2D eigenvalue weighted by Crippen LogP contribution is -2.37. The van der Waals surface area contributed by atoms with Crippen molar-refractivity contribution in [3.05, 3.63) is 35.9 Å². The minimum atomic E-state index is -1.01. The molecule has 2 atom stereocenters. The molecule has 1 aromatic rings. The molecule has 0 aliphatic carbocycles. The number of aliphatic carboxylic acids is 1. The fraction of sp³-hybridized carbons (Fsp3) is 0.333. The van der Waals surface area contributed by atoms with E-state index in [2.05, 4.69) is 5.11 Å². The van der Waals surface area contributed by atoms with Gasteiger partial charge in [-0.15, -0.1) is 0 Å². The molecule has 1 rings (SSSR count). The number of rotatable bonds is 6. The highest BCUT2D eigenvalue weighted by atomic mass is 16.4. The van der Waals surface area contributed by atoms with Crippen LogP contribution in [0.4, 0.5) is 0 Å². The van der Waals surface area contributed by atoms with E-state index < -0.39 is 23.8 Å². The number of nitrogens with two attached hydrogens (primary N) is 2. The van der Waals surface area contributed by atoms with Gasteiger partial charge in [-0.3, -0.25) is 9.59 Å². The molecule has 0 radical (unpaired) electrons. The molecule has 0 aliphatic rings. The summed E-state index contributed by atoms with van der Waals surface area (Å²) in [4.78, 5) is 22.4. The van der Waals surface area contributed by atoms with Crippen LogP contribution in [0, 0.1) is 5.92 Å². The molecular formula is C12H16N2O3. The number of benzene rings is 1. The molecule has 0 fully saturated rings. The summed E-state index contributed by atoms with van der Waals surface area (Å²) >= 11 is 0. The lowest BCUT2D eigenvalue weighted by atomic mass is 9.92. The molecule has 92 valence electrons. The lowest BCUT2D eigenvalue weighted by Gasteiger charge is -2.15. The van der Waals surface area contributed by atoms with Crippen molar-refractivity contribution < 1.29 is 14.7 Å². The van der Waals surface area contributed by atoms with Crippen LogP contribution in [-0.2, 0) is 16.0 Å². The highest BCUT2D eigenvalue weighted by Crippen LogP contribution is 2.13. The Bertz CT molecular complexity index is 411. The van der Waals surface area contributed by atoms with E-state index in [1.807, 2.05) is 30.3 Å². The van der Waals surface area contributed by atoms with E-state index in [1.165, 1.54) is 0 Å². The predicted molar refractivity (Wildman–Crippen MR) is 63.1 cm³/mol. The highest BCUT2D eigenvalue weighted by molar-refractivity contribution is 5.79. The normalized spacial score (nSPS) is 14.5. The van der Waals surface area contributed by atoms with Crippen molar-refractivity contribution in [3.63, 3.8) is 0 Å². The summed E-state index contributed by atoms with van der Waals surface area (Å²) in [6.45, 7) is 0. The van der Waals surface area contributed by atoms with Crippen LogP contribution in [0.3, 0.4) is 0 Å². The van der Waals surface area contributed by atoms with Crippen molar-refractivity contribution >= 4 is 11.9 Å². The molecule has 0 saturated carbocycles. The van der Waals surface area contributed by atoms with E-state index >= 15 is 0 Å². The first-order valence-corrected chi connectivity index (χ1v) is 5.30. The average molecular weight is 237 g/mol. The van der Waals surface area contributed by atoms with Crippen LogP contribution in [0.2, 0.25) is 0 Å². The summed E-state index contributed by atoms with van der Waals surface area (Å²) in [6, 6.07) is 8.29. The van der Waals surface area contributed by atoms with E-state index in [4.69, 9.17) is 12.9 Å². The van der Waals surface area contributed by atoms with E-state index in [1.54, 1.807) is 0 Å². The number of amides is 1. The second-order valence-electron chi connectivity index (χ2n) is 3.95. The van der Waals surface area contributed by atoms with Gasteiger partial charge in [0.15, 0.2) is 0 Å². The molecule has 0 heterocycles. The topological polar surface area (TPSA) is 106 Å². The van der Waals surface area contributed by atoms with Gasteiger partial charge < -0.3 is 16.6 Å². The minimum absolute atomic E-state index is 0.0714. The Morgan fingerprint density at radius 1 is 1.35 bits per heavy atom. The summed E-state index contributed by atoms with van der Waals surface area (Å²) < 4.78 is 6.47. The lowest BCUT2D eigenvalue weighted by molar-refractivity contribution is -0.139. The average Bonchev–Trinajstić information content (AvgIpc) is 2.37. The summed E-state index contributed by atoms with van der Waals surface area (Å²) in [5, 5.41) is 3.78. The van der Waals surface area contributed by atoms with Crippen LogP contribution in [0.15, 0.2) is 30.3 Å². The van der Waals surface area contributed by atoms with Crippen molar-refractivity contribution in [1.29, 1.82) is 1.43 Å². The van der Waals surface area contributed by atoms with Crippen LogP contribution in [0.5, 0.6) is 0 Å². The van der Waals surface area contributed by atoms with Crippen molar-refractivity contribution in [2.75, 3.05) is 0 Å².